The number of hydrogen-bond donors (Lipinski definition) is 3. The van der Waals surface area contributed by atoms with Gasteiger partial charge >= 0.3 is 0 Å². The minimum absolute atomic E-state index is 0.0223. The number of amides is 2. The molecule has 20 heavy (non-hydrogen) atoms. The third-order valence-corrected chi connectivity index (χ3v) is 2.78. The molecule has 118 valence electrons. The maximum absolute atomic E-state index is 11.6. The van der Waals surface area contributed by atoms with Gasteiger partial charge in [-0.3, -0.25) is 9.59 Å². The van der Waals surface area contributed by atoms with Gasteiger partial charge in [-0.15, -0.1) is 0 Å². The predicted octanol–water partition coefficient (Wildman–Crippen LogP) is 0.112. The highest BCUT2D eigenvalue weighted by molar-refractivity contribution is 5.75. The van der Waals surface area contributed by atoms with Crippen LogP contribution >= 0.6 is 0 Å². The van der Waals surface area contributed by atoms with Crippen LogP contribution in [-0.4, -0.2) is 61.2 Å². The summed E-state index contributed by atoms with van der Waals surface area (Å²) in [7, 11) is 3.76. The quantitative estimate of drug-likeness (QED) is 0.498. The molecule has 0 aliphatic carbocycles. The molecular weight excluding hydrogens is 258 g/mol. The molecule has 0 aromatic rings. The first-order chi connectivity index (χ1) is 9.23. The van der Waals surface area contributed by atoms with Crippen LogP contribution in [0.4, 0.5) is 0 Å². The molecule has 1 unspecified atom stereocenters. The fourth-order valence-corrected chi connectivity index (χ4v) is 1.97. The lowest BCUT2D eigenvalue weighted by molar-refractivity contribution is -0.122. The van der Waals surface area contributed by atoms with E-state index in [1.807, 2.05) is 19.0 Å². The summed E-state index contributed by atoms with van der Waals surface area (Å²) in [5, 5.41) is 15.5. The first-order valence-corrected chi connectivity index (χ1v) is 7.11. The van der Waals surface area contributed by atoms with E-state index in [0.29, 0.717) is 19.5 Å². The van der Waals surface area contributed by atoms with Crippen LogP contribution in [0.2, 0.25) is 0 Å². The number of rotatable bonds is 10. The zero-order valence-electron chi connectivity index (χ0n) is 13.2. The van der Waals surface area contributed by atoms with E-state index in [9.17, 15) is 14.7 Å². The maximum atomic E-state index is 11.6. The van der Waals surface area contributed by atoms with Crippen LogP contribution < -0.4 is 10.6 Å². The van der Waals surface area contributed by atoms with Crippen LogP contribution in [0.3, 0.4) is 0 Å². The second-order valence-corrected chi connectivity index (χ2v) is 5.81. The minimum atomic E-state index is -0.912. The summed E-state index contributed by atoms with van der Waals surface area (Å²) in [6.07, 6.45) is 3.03. The molecule has 2 amide bonds. The van der Waals surface area contributed by atoms with Gasteiger partial charge in [0, 0.05) is 33.0 Å². The van der Waals surface area contributed by atoms with Crippen molar-refractivity contribution in [3.63, 3.8) is 0 Å². The first-order valence-electron chi connectivity index (χ1n) is 7.11. The topological polar surface area (TPSA) is 81.7 Å². The predicted molar refractivity (Wildman–Crippen MR) is 79.3 cm³/mol. The Labute approximate surface area is 121 Å². The van der Waals surface area contributed by atoms with Crippen molar-refractivity contribution in [2.24, 2.45) is 0 Å². The molecule has 0 aliphatic heterocycles. The van der Waals surface area contributed by atoms with Gasteiger partial charge in [0.2, 0.25) is 11.8 Å². The monoisotopic (exact) mass is 287 g/mol. The SMILES string of the molecule is CC(=O)NCCCCCC(=O)NCC(C)(O)CN(C)C. The van der Waals surface area contributed by atoms with Gasteiger partial charge < -0.3 is 20.6 Å². The van der Waals surface area contributed by atoms with Crippen molar-refractivity contribution in [2.75, 3.05) is 33.7 Å². The minimum Gasteiger partial charge on any atom is -0.387 e. The number of aliphatic hydroxyl groups is 1. The molecule has 1 atom stereocenters. The molecule has 0 fully saturated rings. The van der Waals surface area contributed by atoms with E-state index in [0.717, 1.165) is 19.3 Å². The van der Waals surface area contributed by atoms with Crippen molar-refractivity contribution in [3.8, 4) is 0 Å². The van der Waals surface area contributed by atoms with Crippen LogP contribution in [0, 0.1) is 0 Å². The van der Waals surface area contributed by atoms with E-state index in [2.05, 4.69) is 10.6 Å². The summed E-state index contributed by atoms with van der Waals surface area (Å²) < 4.78 is 0. The zero-order valence-corrected chi connectivity index (χ0v) is 13.2. The average molecular weight is 287 g/mol. The molecule has 0 saturated heterocycles. The summed E-state index contributed by atoms with van der Waals surface area (Å²) in [6.45, 7) is 4.63. The largest absolute Gasteiger partial charge is 0.387 e. The van der Waals surface area contributed by atoms with E-state index in [1.54, 1.807) is 6.92 Å². The third kappa shape index (κ3) is 11.9. The lowest BCUT2D eigenvalue weighted by Crippen LogP contribution is -2.47. The molecule has 3 N–H and O–H groups in total. The van der Waals surface area contributed by atoms with Crippen LogP contribution in [0.15, 0.2) is 0 Å². The highest BCUT2D eigenvalue weighted by atomic mass is 16.3. The van der Waals surface area contributed by atoms with Crippen molar-refractivity contribution >= 4 is 11.8 Å². The summed E-state index contributed by atoms with van der Waals surface area (Å²) in [5.74, 6) is -0.0607. The van der Waals surface area contributed by atoms with E-state index in [-0.39, 0.29) is 18.4 Å². The number of nitrogens with one attached hydrogen (secondary N) is 2. The smallest absolute Gasteiger partial charge is 0.220 e. The standard InChI is InChI=1S/C14H29N3O3/c1-12(18)15-9-7-5-6-8-13(19)16-10-14(2,20)11-17(3)4/h20H,5-11H2,1-4H3,(H,15,18)(H,16,19). The third-order valence-electron chi connectivity index (χ3n) is 2.78. The Bertz CT molecular complexity index is 304. The lowest BCUT2D eigenvalue weighted by atomic mass is 10.1. The summed E-state index contributed by atoms with van der Waals surface area (Å²) >= 11 is 0. The number of hydrogen-bond acceptors (Lipinski definition) is 4. The van der Waals surface area contributed by atoms with Crippen LogP contribution in [0.5, 0.6) is 0 Å². The molecule has 0 spiro atoms. The zero-order chi connectivity index (χ0) is 15.6. The van der Waals surface area contributed by atoms with Crippen molar-refractivity contribution < 1.29 is 14.7 Å². The van der Waals surface area contributed by atoms with Crippen molar-refractivity contribution in [2.45, 2.75) is 45.1 Å². The van der Waals surface area contributed by atoms with Gasteiger partial charge in [0.05, 0.1) is 5.60 Å². The van der Waals surface area contributed by atoms with Crippen molar-refractivity contribution in [1.29, 1.82) is 0 Å². The molecule has 6 heteroatoms. The Kier molecular flexibility index (Phi) is 9.16. The molecule has 0 saturated carbocycles. The Morgan fingerprint density at radius 1 is 1.15 bits per heavy atom. The van der Waals surface area contributed by atoms with E-state index in [1.165, 1.54) is 6.92 Å². The number of likely N-dealkylation sites (N-methyl/N-ethyl adjacent to an activating group) is 1. The normalized spacial score (nSPS) is 13.9. The highest BCUT2D eigenvalue weighted by Gasteiger charge is 2.21. The molecular formula is C14H29N3O3. The molecule has 0 bridgehead atoms. The maximum Gasteiger partial charge on any atom is 0.220 e. The van der Waals surface area contributed by atoms with Gasteiger partial charge in [0.25, 0.3) is 0 Å². The Balaban J connectivity index is 3.61. The average Bonchev–Trinajstić information content (AvgIpc) is 2.29. The molecule has 0 aliphatic rings. The van der Waals surface area contributed by atoms with E-state index in [4.69, 9.17) is 0 Å². The van der Waals surface area contributed by atoms with Gasteiger partial charge in [0.1, 0.15) is 0 Å². The van der Waals surface area contributed by atoms with Crippen LogP contribution in [-0.2, 0) is 9.59 Å². The molecule has 0 aromatic heterocycles. The summed E-state index contributed by atoms with van der Waals surface area (Å²) in [5.41, 5.74) is -0.912. The molecule has 0 heterocycles. The Hall–Kier alpha value is -1.14. The Morgan fingerprint density at radius 3 is 2.35 bits per heavy atom. The van der Waals surface area contributed by atoms with Gasteiger partial charge in [-0.2, -0.15) is 0 Å². The lowest BCUT2D eigenvalue weighted by Gasteiger charge is -2.27. The van der Waals surface area contributed by atoms with E-state index < -0.39 is 5.60 Å². The molecule has 0 rings (SSSR count). The number of nitrogens with zero attached hydrogens (tertiary/aromatic N) is 1. The second kappa shape index (κ2) is 9.72. The fraction of sp³-hybridized carbons (Fsp3) is 0.857. The number of carbonyl (C=O) groups excluding carboxylic acids is 2. The van der Waals surface area contributed by atoms with Crippen LogP contribution in [0.25, 0.3) is 0 Å². The van der Waals surface area contributed by atoms with E-state index >= 15 is 0 Å². The summed E-state index contributed by atoms with van der Waals surface area (Å²) in [4.78, 5) is 24.1. The number of carbonyl (C=O) groups is 2. The van der Waals surface area contributed by atoms with Crippen molar-refractivity contribution in [3.05, 3.63) is 0 Å². The number of unbranched alkanes of at least 4 members (excludes halogenated alkanes) is 2. The second-order valence-electron chi connectivity index (χ2n) is 5.81. The fourth-order valence-electron chi connectivity index (χ4n) is 1.97. The van der Waals surface area contributed by atoms with Gasteiger partial charge in [0.15, 0.2) is 0 Å². The van der Waals surface area contributed by atoms with Gasteiger partial charge in [-0.25, -0.2) is 0 Å². The van der Waals surface area contributed by atoms with Crippen molar-refractivity contribution in [1.82, 2.24) is 15.5 Å². The van der Waals surface area contributed by atoms with Gasteiger partial charge in [-0.1, -0.05) is 6.42 Å². The van der Waals surface area contributed by atoms with Crippen LogP contribution in [0.1, 0.15) is 39.5 Å². The van der Waals surface area contributed by atoms with Gasteiger partial charge in [-0.05, 0) is 33.9 Å². The molecule has 0 aromatic carbocycles. The molecule has 0 radical (unpaired) electrons. The highest BCUT2D eigenvalue weighted by Crippen LogP contribution is 2.04. The first kappa shape index (κ1) is 18.9. The summed E-state index contributed by atoms with van der Waals surface area (Å²) in [6, 6.07) is 0. The Morgan fingerprint density at radius 2 is 1.80 bits per heavy atom. The molecule has 6 nitrogen and oxygen atoms in total.